The van der Waals surface area contributed by atoms with Gasteiger partial charge >= 0.3 is 0 Å². The first kappa shape index (κ1) is 11.5. The van der Waals surface area contributed by atoms with Crippen molar-refractivity contribution in [3.05, 3.63) is 46.5 Å². The molecule has 0 aliphatic carbocycles. The highest BCUT2D eigenvalue weighted by atomic mass is 32.2. The molecule has 92 valence electrons. The Morgan fingerprint density at radius 3 is 2.56 bits per heavy atom. The lowest BCUT2D eigenvalue weighted by atomic mass is 9.97. The van der Waals surface area contributed by atoms with E-state index in [-0.39, 0.29) is 0 Å². The molecule has 2 nitrogen and oxygen atoms in total. The molecular formula is C15H16N2S. The molecule has 0 bridgehead atoms. The van der Waals surface area contributed by atoms with Gasteiger partial charge in [0, 0.05) is 27.6 Å². The lowest BCUT2D eigenvalue weighted by molar-refractivity contribution is 1.03. The van der Waals surface area contributed by atoms with Gasteiger partial charge in [-0.2, -0.15) is 0 Å². The minimum absolute atomic E-state index is 0.872. The highest BCUT2D eigenvalue weighted by molar-refractivity contribution is 7.99. The van der Waals surface area contributed by atoms with Crippen LogP contribution < -0.4 is 11.5 Å². The van der Waals surface area contributed by atoms with Crippen molar-refractivity contribution in [2.24, 2.45) is 0 Å². The van der Waals surface area contributed by atoms with E-state index in [1.54, 1.807) is 11.8 Å². The van der Waals surface area contributed by atoms with Crippen LogP contribution in [-0.2, 0) is 6.42 Å². The summed E-state index contributed by atoms with van der Waals surface area (Å²) < 4.78 is 0. The summed E-state index contributed by atoms with van der Waals surface area (Å²) in [6, 6.07) is 8.39. The van der Waals surface area contributed by atoms with E-state index in [9.17, 15) is 0 Å². The lowest BCUT2D eigenvalue weighted by Crippen LogP contribution is -2.05. The van der Waals surface area contributed by atoms with Gasteiger partial charge in [0.05, 0.1) is 0 Å². The zero-order chi connectivity index (χ0) is 12.9. The molecule has 2 aromatic rings. The monoisotopic (exact) mass is 256 g/mol. The van der Waals surface area contributed by atoms with Crippen LogP contribution in [-0.4, -0.2) is 0 Å². The van der Waals surface area contributed by atoms with Gasteiger partial charge in [-0.05, 0) is 54.3 Å². The Labute approximate surface area is 111 Å². The Hall–Kier alpha value is -1.61. The Balaban J connectivity index is 2.15. The second-order valence-corrected chi connectivity index (χ2v) is 5.94. The SMILES string of the molecule is Cc1cc2c(cc1N)Sc1ccc(N)c(C)c1C2. The molecule has 1 heterocycles. The van der Waals surface area contributed by atoms with Crippen molar-refractivity contribution in [2.45, 2.75) is 30.1 Å². The number of fused-ring (bicyclic) bond motifs is 2. The number of aryl methyl sites for hydroxylation is 1. The van der Waals surface area contributed by atoms with E-state index >= 15 is 0 Å². The summed E-state index contributed by atoms with van der Waals surface area (Å²) in [6.07, 6.45) is 0.954. The summed E-state index contributed by atoms with van der Waals surface area (Å²) in [5, 5.41) is 0. The predicted molar refractivity (Wildman–Crippen MR) is 78.1 cm³/mol. The maximum atomic E-state index is 5.99. The first-order chi connectivity index (χ1) is 8.56. The highest BCUT2D eigenvalue weighted by Gasteiger charge is 2.19. The van der Waals surface area contributed by atoms with E-state index in [0.717, 1.165) is 23.4 Å². The fourth-order valence-corrected chi connectivity index (χ4v) is 3.54. The average molecular weight is 256 g/mol. The van der Waals surface area contributed by atoms with Crippen LogP contribution in [0.4, 0.5) is 11.4 Å². The van der Waals surface area contributed by atoms with E-state index in [1.807, 2.05) is 6.07 Å². The third kappa shape index (κ3) is 1.66. The second-order valence-electron chi connectivity index (χ2n) is 4.85. The fraction of sp³-hybridized carbons (Fsp3) is 0.200. The minimum Gasteiger partial charge on any atom is -0.399 e. The first-order valence-electron chi connectivity index (χ1n) is 6.01. The summed E-state index contributed by atoms with van der Waals surface area (Å²) in [5.74, 6) is 0. The summed E-state index contributed by atoms with van der Waals surface area (Å²) in [5.41, 5.74) is 18.8. The number of nitrogen functional groups attached to an aromatic ring is 2. The molecule has 3 rings (SSSR count). The van der Waals surface area contributed by atoms with E-state index < -0.39 is 0 Å². The van der Waals surface area contributed by atoms with Gasteiger partial charge in [0.2, 0.25) is 0 Å². The zero-order valence-electron chi connectivity index (χ0n) is 10.6. The summed E-state index contributed by atoms with van der Waals surface area (Å²) >= 11 is 1.79. The molecule has 0 radical (unpaired) electrons. The van der Waals surface area contributed by atoms with E-state index in [4.69, 9.17) is 11.5 Å². The third-order valence-corrected chi connectivity index (χ3v) is 4.84. The third-order valence-electron chi connectivity index (χ3n) is 3.63. The van der Waals surface area contributed by atoms with Crippen LogP contribution >= 0.6 is 11.8 Å². The van der Waals surface area contributed by atoms with Gasteiger partial charge in [0.1, 0.15) is 0 Å². The number of hydrogen-bond acceptors (Lipinski definition) is 3. The van der Waals surface area contributed by atoms with Crippen molar-refractivity contribution in [1.29, 1.82) is 0 Å². The molecule has 0 spiro atoms. The largest absolute Gasteiger partial charge is 0.399 e. The van der Waals surface area contributed by atoms with Crippen molar-refractivity contribution in [1.82, 2.24) is 0 Å². The van der Waals surface area contributed by atoms with Crippen LogP contribution in [0.15, 0.2) is 34.1 Å². The van der Waals surface area contributed by atoms with Crippen molar-refractivity contribution >= 4 is 23.1 Å². The van der Waals surface area contributed by atoms with Gasteiger partial charge in [0.15, 0.2) is 0 Å². The first-order valence-corrected chi connectivity index (χ1v) is 6.82. The predicted octanol–water partition coefficient (Wildman–Crippen LogP) is 3.52. The van der Waals surface area contributed by atoms with Gasteiger partial charge in [0.25, 0.3) is 0 Å². The smallest absolute Gasteiger partial charge is 0.0355 e. The lowest BCUT2D eigenvalue weighted by Gasteiger charge is -2.22. The number of rotatable bonds is 0. The normalized spacial score (nSPS) is 13.0. The summed E-state index contributed by atoms with van der Waals surface area (Å²) in [4.78, 5) is 2.58. The van der Waals surface area contributed by atoms with Crippen LogP contribution in [0.25, 0.3) is 0 Å². The van der Waals surface area contributed by atoms with Crippen LogP contribution in [0.2, 0.25) is 0 Å². The van der Waals surface area contributed by atoms with Crippen LogP contribution in [0, 0.1) is 13.8 Å². The molecule has 4 N–H and O–H groups in total. The van der Waals surface area contributed by atoms with E-state index in [1.165, 1.54) is 26.5 Å². The van der Waals surface area contributed by atoms with Gasteiger partial charge in [-0.15, -0.1) is 0 Å². The molecule has 3 heteroatoms. The fourth-order valence-electron chi connectivity index (χ4n) is 2.37. The van der Waals surface area contributed by atoms with Gasteiger partial charge in [-0.25, -0.2) is 0 Å². The standard InChI is InChI=1S/C15H16N2S/c1-8-5-10-6-11-9(2)12(16)3-4-14(11)18-15(10)7-13(8)17/h3-5,7H,6,16-17H2,1-2H3. The van der Waals surface area contributed by atoms with Crippen molar-refractivity contribution in [3.8, 4) is 0 Å². The molecular weight excluding hydrogens is 240 g/mol. The molecule has 18 heavy (non-hydrogen) atoms. The maximum absolute atomic E-state index is 5.99. The summed E-state index contributed by atoms with van der Waals surface area (Å²) in [7, 11) is 0. The molecule has 0 atom stereocenters. The number of hydrogen-bond donors (Lipinski definition) is 2. The van der Waals surface area contributed by atoms with Gasteiger partial charge in [-0.3, -0.25) is 0 Å². The van der Waals surface area contributed by atoms with Gasteiger partial charge in [-0.1, -0.05) is 17.8 Å². The zero-order valence-corrected chi connectivity index (χ0v) is 11.4. The maximum Gasteiger partial charge on any atom is 0.0355 e. The Morgan fingerprint density at radius 1 is 1.00 bits per heavy atom. The van der Waals surface area contributed by atoms with Crippen LogP contribution in [0.1, 0.15) is 22.3 Å². The van der Waals surface area contributed by atoms with E-state index in [2.05, 4.69) is 32.0 Å². The van der Waals surface area contributed by atoms with Crippen molar-refractivity contribution in [3.63, 3.8) is 0 Å². The Morgan fingerprint density at radius 2 is 1.78 bits per heavy atom. The molecule has 0 unspecified atom stereocenters. The molecule has 2 aromatic carbocycles. The quantitative estimate of drug-likeness (QED) is 0.605. The van der Waals surface area contributed by atoms with Gasteiger partial charge < -0.3 is 11.5 Å². The Kier molecular flexibility index (Phi) is 2.52. The Bertz CT molecular complexity index is 647. The van der Waals surface area contributed by atoms with Crippen molar-refractivity contribution in [2.75, 3.05) is 11.5 Å². The van der Waals surface area contributed by atoms with Crippen molar-refractivity contribution < 1.29 is 0 Å². The minimum atomic E-state index is 0.872. The highest BCUT2D eigenvalue weighted by Crippen LogP contribution is 2.43. The summed E-state index contributed by atoms with van der Waals surface area (Å²) in [6.45, 7) is 4.16. The molecule has 0 fully saturated rings. The molecule has 0 amide bonds. The molecule has 0 saturated carbocycles. The van der Waals surface area contributed by atoms with Crippen LogP contribution in [0.5, 0.6) is 0 Å². The topological polar surface area (TPSA) is 52.0 Å². The number of anilines is 2. The molecule has 1 aliphatic rings. The molecule has 0 saturated heterocycles. The van der Waals surface area contributed by atoms with Crippen LogP contribution in [0.3, 0.4) is 0 Å². The average Bonchev–Trinajstić information content (AvgIpc) is 2.34. The molecule has 1 aliphatic heterocycles. The molecule has 0 aromatic heterocycles. The number of benzene rings is 2. The van der Waals surface area contributed by atoms with E-state index in [0.29, 0.717) is 0 Å². The number of nitrogens with two attached hydrogens (primary N) is 2. The second kappa shape index (κ2) is 3.95.